The van der Waals surface area contributed by atoms with Crippen molar-refractivity contribution in [2.45, 2.75) is 0 Å². The minimum Gasteiger partial charge on any atom is -1.00 e. The van der Waals surface area contributed by atoms with Gasteiger partial charge in [-0.25, -0.2) is 0 Å². The molecule has 0 bridgehead atoms. The summed E-state index contributed by atoms with van der Waals surface area (Å²) in [4.78, 5) is 0. The molecule has 0 unspecified atom stereocenters. The first-order valence-electron chi connectivity index (χ1n) is 0. The maximum Gasteiger partial charge on any atom is 2.00 e. The third-order valence-electron chi connectivity index (χ3n) is 0. The van der Waals surface area contributed by atoms with Crippen LogP contribution in [0.3, 0.4) is 0 Å². The van der Waals surface area contributed by atoms with Crippen molar-refractivity contribution < 1.29 is 86.2 Å². The van der Waals surface area contributed by atoms with Crippen molar-refractivity contribution in [3.8, 4) is 0 Å². The molecule has 0 aliphatic carbocycles. The molecule has 0 rings (SSSR count). The van der Waals surface area contributed by atoms with E-state index < -0.39 is 0 Å². The van der Waals surface area contributed by atoms with Crippen LogP contribution in [0.4, 0.5) is 0 Å². The van der Waals surface area contributed by atoms with E-state index in [4.69, 9.17) is 0 Å². The fraction of sp³-hybridized carbons (Fsp3) is 0. The van der Waals surface area contributed by atoms with Crippen molar-refractivity contribution in [3.05, 3.63) is 0 Å². The van der Waals surface area contributed by atoms with Gasteiger partial charge >= 0.3 is 45.0 Å². The van der Waals surface area contributed by atoms with E-state index in [0.717, 1.165) is 0 Å². The van der Waals surface area contributed by atoms with Gasteiger partial charge in [-0.05, 0) is 0 Å². The third kappa shape index (κ3) is 38.7. The third-order valence-corrected chi connectivity index (χ3v) is 0. The summed E-state index contributed by atoms with van der Waals surface area (Å²) in [7, 11) is 0. The Morgan fingerprint density at radius 2 is 0.500 bits per heavy atom. The largest absolute Gasteiger partial charge is 2.00 e. The number of rotatable bonds is 0. The Labute approximate surface area is 85.1 Å². The first-order chi connectivity index (χ1) is 0. The van der Waals surface area contributed by atoms with E-state index >= 15 is 0 Å². The Balaban J connectivity index is 0. The molecule has 0 saturated heterocycles. The molecule has 0 aromatic rings. The Hall–Kier alpha value is 1.93. The molecule has 0 atom stereocenters. The molecule has 3 nitrogen and oxygen atoms in total. The van der Waals surface area contributed by atoms with E-state index in [9.17, 15) is 0 Å². The Morgan fingerprint density at radius 3 is 0.500 bits per heavy atom. The van der Waals surface area contributed by atoms with Crippen molar-refractivity contribution in [2.24, 2.45) is 0 Å². The van der Waals surface area contributed by atoms with Crippen molar-refractivity contribution in [3.63, 3.8) is 0 Å². The van der Waals surface area contributed by atoms with Gasteiger partial charge in [0.25, 0.3) is 0 Å². The molecule has 40 valence electrons. The summed E-state index contributed by atoms with van der Waals surface area (Å²) < 4.78 is 0. The summed E-state index contributed by atoms with van der Waals surface area (Å²) in [5.74, 6) is 0. The molecule has 0 aromatic heterocycles. The van der Waals surface area contributed by atoms with Crippen LogP contribution in [0.1, 0.15) is 0 Å². The molecule has 6 heteroatoms. The zero-order valence-electron chi connectivity index (χ0n) is 2.96. The second kappa shape index (κ2) is 65.5. The Bertz CT molecular complexity index is 8.75. The molecule has 0 aliphatic heterocycles. The number of hydrogen-bond donors (Lipinski definition) is 0. The molecule has 0 saturated carbocycles. The molecule has 0 amide bonds. The van der Waals surface area contributed by atoms with Crippen molar-refractivity contribution >= 4 is 0 Å². The molecule has 0 aromatic carbocycles. The molecule has 0 aliphatic rings. The zero-order valence-corrected chi connectivity index (χ0v) is 10.3. The van der Waals surface area contributed by atoms with Crippen LogP contribution in [-0.4, -0.2) is 16.4 Å². The minimum absolute atomic E-state index is 0. The van der Waals surface area contributed by atoms with E-state index in [1.165, 1.54) is 0 Å². The summed E-state index contributed by atoms with van der Waals surface area (Å²) >= 11 is 0. The number of halogens is 2. The molecular weight excluding hydrogens is 345 g/mol. The SMILES string of the molecule is O.O.O.[Cl-].[Cl-].[Ra+2]. The van der Waals surface area contributed by atoms with Crippen LogP contribution in [0.2, 0.25) is 0 Å². The van der Waals surface area contributed by atoms with Gasteiger partial charge in [-0.15, -0.1) is 0 Å². The van der Waals surface area contributed by atoms with Gasteiger partial charge in [-0.3, -0.25) is 0 Å². The normalized spacial score (nSPS) is 0. The summed E-state index contributed by atoms with van der Waals surface area (Å²) in [6, 6.07) is 0. The predicted molar refractivity (Wildman–Crippen MR) is 10.8 cm³/mol. The topological polar surface area (TPSA) is 94.5 Å². The van der Waals surface area contributed by atoms with Crippen molar-refractivity contribution in [1.82, 2.24) is 0 Å². The molecule has 6 heavy (non-hydrogen) atoms. The molecular formula is H6Cl2O3Ra. The van der Waals surface area contributed by atoms with E-state index in [0.29, 0.717) is 0 Å². The van der Waals surface area contributed by atoms with Gasteiger partial charge < -0.3 is 41.2 Å². The van der Waals surface area contributed by atoms with Crippen molar-refractivity contribution in [1.29, 1.82) is 0 Å². The molecule has 0 spiro atoms. The average Bonchev–Trinajstić information content (AvgIpc) is 0. The van der Waals surface area contributed by atoms with E-state index in [-0.39, 0.29) is 86.2 Å². The van der Waals surface area contributed by atoms with Crippen LogP contribution >= 0.6 is 0 Å². The van der Waals surface area contributed by atoms with E-state index in [1.807, 2.05) is 0 Å². The fourth-order valence-electron chi connectivity index (χ4n) is 0. The minimum atomic E-state index is 0. The van der Waals surface area contributed by atoms with Crippen LogP contribution in [0.15, 0.2) is 0 Å². The first-order valence-corrected chi connectivity index (χ1v) is 0. The molecule has 0 radical (unpaired) electrons. The smallest absolute Gasteiger partial charge is 1.00 e. The van der Waals surface area contributed by atoms with Gasteiger partial charge in [0.1, 0.15) is 0 Å². The summed E-state index contributed by atoms with van der Waals surface area (Å²) in [5, 5.41) is 0. The van der Waals surface area contributed by atoms with Crippen molar-refractivity contribution in [2.75, 3.05) is 0 Å². The van der Waals surface area contributed by atoms with Crippen LogP contribution in [0, 0.1) is 45.0 Å². The van der Waals surface area contributed by atoms with E-state index in [1.54, 1.807) is 0 Å². The van der Waals surface area contributed by atoms with Gasteiger partial charge in [0.05, 0.1) is 0 Å². The van der Waals surface area contributed by atoms with E-state index in [2.05, 4.69) is 0 Å². The van der Waals surface area contributed by atoms with Gasteiger partial charge in [0, 0.05) is 0 Å². The monoisotopic (exact) mass is 350 g/mol. The Morgan fingerprint density at radius 1 is 0.500 bits per heavy atom. The Kier molecular flexibility index (Phi) is 1120. The second-order valence-electron chi connectivity index (χ2n) is 0. The first kappa shape index (κ1) is 102. The molecule has 6 N–H and O–H groups in total. The van der Waals surface area contributed by atoms with Gasteiger partial charge in [-0.1, -0.05) is 0 Å². The standard InChI is InChI=1S/2ClH.3H2O.Ra/h2*1H;3*1H2;/q;;;;;+2/p-2. The van der Waals surface area contributed by atoms with Gasteiger partial charge in [0.15, 0.2) is 0 Å². The van der Waals surface area contributed by atoms with Gasteiger partial charge in [-0.2, -0.15) is 0 Å². The maximum absolute atomic E-state index is 0. The quantitative estimate of drug-likeness (QED) is 0.415. The van der Waals surface area contributed by atoms with Crippen LogP contribution < -0.4 is 24.8 Å². The van der Waals surface area contributed by atoms with Crippen LogP contribution in [0.5, 0.6) is 0 Å². The summed E-state index contributed by atoms with van der Waals surface area (Å²) in [6.07, 6.45) is 0. The molecule has 0 fully saturated rings. The average molecular weight is 351 g/mol. The van der Waals surface area contributed by atoms with Crippen LogP contribution in [0.25, 0.3) is 0 Å². The molecule has 0 heterocycles. The second-order valence-corrected chi connectivity index (χ2v) is 0. The maximum atomic E-state index is 0. The summed E-state index contributed by atoms with van der Waals surface area (Å²) in [6.45, 7) is 0. The zero-order chi connectivity index (χ0) is 0. The summed E-state index contributed by atoms with van der Waals surface area (Å²) in [5.41, 5.74) is 0. The van der Waals surface area contributed by atoms with Gasteiger partial charge in [0.2, 0.25) is 0 Å². The predicted octanol–water partition coefficient (Wildman–Crippen LogP) is -8.47. The van der Waals surface area contributed by atoms with Crippen LogP contribution in [-0.2, 0) is 0 Å². The fourth-order valence-corrected chi connectivity index (χ4v) is 0. The number of hydrogen-bond acceptors (Lipinski definition) is 0.